The highest BCUT2D eigenvalue weighted by molar-refractivity contribution is 5.99. The summed E-state index contributed by atoms with van der Waals surface area (Å²) in [7, 11) is 1.64. The number of carbonyl (C=O) groups is 1. The predicted molar refractivity (Wildman–Crippen MR) is 133 cm³/mol. The van der Waals surface area contributed by atoms with Crippen LogP contribution in [0.4, 0.5) is 0 Å². The van der Waals surface area contributed by atoms with Gasteiger partial charge in [-0.15, -0.1) is 0 Å². The normalized spacial score (nSPS) is 11.1. The van der Waals surface area contributed by atoms with Gasteiger partial charge in [-0.1, -0.05) is 36.4 Å². The van der Waals surface area contributed by atoms with Crippen molar-refractivity contribution in [1.29, 1.82) is 0 Å². The van der Waals surface area contributed by atoms with E-state index in [2.05, 4.69) is 49.0 Å². The predicted octanol–water partition coefficient (Wildman–Crippen LogP) is 4.19. The molecule has 0 unspecified atom stereocenters. The first-order valence-electron chi connectivity index (χ1n) is 11.3. The number of nitrogens with one attached hydrogen (secondary N) is 4. The highest BCUT2D eigenvalue weighted by atomic mass is 16.1. The number of aromatic amines is 2. The molecule has 0 aliphatic heterocycles. The first-order chi connectivity index (χ1) is 16.7. The molecule has 0 atom stereocenters. The van der Waals surface area contributed by atoms with Gasteiger partial charge in [0.25, 0.3) is 5.91 Å². The Balaban J connectivity index is 1.47. The number of rotatable bonds is 8. The summed E-state index contributed by atoms with van der Waals surface area (Å²) in [6.07, 6.45) is 4.38. The maximum absolute atomic E-state index is 12.2. The van der Waals surface area contributed by atoms with Crippen molar-refractivity contribution in [1.82, 2.24) is 30.8 Å². The van der Waals surface area contributed by atoms with Crippen LogP contribution >= 0.6 is 0 Å². The Bertz CT molecular complexity index is 1410. The largest absolute Gasteiger partial charge is 0.355 e. The zero-order valence-electron chi connectivity index (χ0n) is 18.9. The van der Waals surface area contributed by atoms with E-state index in [1.165, 1.54) is 11.1 Å². The molecular formula is C27H26N6O. The molecular weight excluding hydrogens is 424 g/mol. The number of hydrogen-bond acceptors (Lipinski definition) is 4. The summed E-state index contributed by atoms with van der Waals surface area (Å²) in [6, 6.07) is 22.2. The number of benzene rings is 2. The lowest BCUT2D eigenvalue weighted by Gasteiger charge is -2.07. The van der Waals surface area contributed by atoms with E-state index < -0.39 is 0 Å². The standard InChI is InChI=1S/C27H26N6O/c1-28-27(34)20-7-8-22-23(17-30-16-19-9-11-29-12-10-19)26(31-24(22)14-20)25-15-21(32-33-25)13-18-5-3-2-4-6-18/h2-12,14-15,30-31H,13,16-17H2,1H3,(H,28,34)(H,32,33). The second kappa shape index (κ2) is 9.72. The molecule has 0 saturated heterocycles. The molecule has 170 valence electrons. The molecule has 2 aromatic carbocycles. The van der Waals surface area contributed by atoms with E-state index in [-0.39, 0.29) is 5.91 Å². The Morgan fingerprint density at radius 3 is 2.56 bits per heavy atom. The van der Waals surface area contributed by atoms with E-state index >= 15 is 0 Å². The molecule has 0 saturated carbocycles. The number of hydrogen-bond donors (Lipinski definition) is 4. The Morgan fingerprint density at radius 2 is 1.76 bits per heavy atom. The molecule has 1 amide bonds. The fourth-order valence-electron chi connectivity index (χ4n) is 4.17. The lowest BCUT2D eigenvalue weighted by Crippen LogP contribution is -2.17. The SMILES string of the molecule is CNC(=O)c1ccc2c(CNCc3ccncc3)c(-c3cc(Cc4ccccc4)[nH]n3)[nH]c2c1. The van der Waals surface area contributed by atoms with Gasteiger partial charge in [-0.05, 0) is 41.5 Å². The van der Waals surface area contributed by atoms with E-state index in [0.29, 0.717) is 12.1 Å². The Hall–Kier alpha value is -4.23. The van der Waals surface area contributed by atoms with Gasteiger partial charge in [0.15, 0.2) is 0 Å². The van der Waals surface area contributed by atoms with E-state index in [0.717, 1.165) is 46.5 Å². The van der Waals surface area contributed by atoms with Gasteiger partial charge >= 0.3 is 0 Å². The maximum Gasteiger partial charge on any atom is 0.251 e. The minimum atomic E-state index is -0.111. The molecule has 3 aromatic heterocycles. The molecule has 3 heterocycles. The van der Waals surface area contributed by atoms with Gasteiger partial charge in [-0.3, -0.25) is 14.9 Å². The molecule has 5 rings (SSSR count). The summed E-state index contributed by atoms with van der Waals surface area (Å²) < 4.78 is 0. The van der Waals surface area contributed by atoms with Crippen molar-refractivity contribution in [2.24, 2.45) is 0 Å². The van der Waals surface area contributed by atoms with Crippen LogP contribution < -0.4 is 10.6 Å². The second-order valence-corrected chi connectivity index (χ2v) is 8.22. The topological polar surface area (TPSA) is 98.5 Å². The third-order valence-electron chi connectivity index (χ3n) is 5.90. The smallest absolute Gasteiger partial charge is 0.251 e. The molecule has 0 fully saturated rings. The van der Waals surface area contributed by atoms with Crippen molar-refractivity contribution < 1.29 is 4.79 Å². The minimum Gasteiger partial charge on any atom is -0.355 e. The molecule has 0 aliphatic rings. The summed E-state index contributed by atoms with van der Waals surface area (Å²) in [6.45, 7) is 1.38. The van der Waals surface area contributed by atoms with Crippen LogP contribution in [0.25, 0.3) is 22.3 Å². The highest BCUT2D eigenvalue weighted by Gasteiger charge is 2.17. The summed E-state index contributed by atoms with van der Waals surface area (Å²) in [5.41, 5.74) is 7.88. The van der Waals surface area contributed by atoms with Crippen LogP contribution in [0.3, 0.4) is 0 Å². The van der Waals surface area contributed by atoms with E-state index in [9.17, 15) is 4.79 Å². The van der Waals surface area contributed by atoms with Crippen molar-refractivity contribution in [2.75, 3.05) is 7.05 Å². The fourth-order valence-corrected chi connectivity index (χ4v) is 4.17. The maximum atomic E-state index is 12.2. The van der Waals surface area contributed by atoms with Crippen molar-refractivity contribution in [3.63, 3.8) is 0 Å². The second-order valence-electron chi connectivity index (χ2n) is 8.22. The zero-order valence-corrected chi connectivity index (χ0v) is 18.9. The fraction of sp³-hybridized carbons (Fsp3) is 0.148. The van der Waals surface area contributed by atoms with Crippen LogP contribution in [-0.2, 0) is 19.5 Å². The van der Waals surface area contributed by atoms with Gasteiger partial charge in [-0.2, -0.15) is 5.10 Å². The van der Waals surface area contributed by atoms with E-state index in [1.54, 1.807) is 19.4 Å². The van der Waals surface area contributed by atoms with Crippen LogP contribution in [0.15, 0.2) is 79.1 Å². The van der Waals surface area contributed by atoms with E-state index in [1.807, 2.05) is 48.5 Å². The monoisotopic (exact) mass is 450 g/mol. The molecule has 7 heteroatoms. The van der Waals surface area contributed by atoms with E-state index in [4.69, 9.17) is 0 Å². The Morgan fingerprint density at radius 1 is 0.941 bits per heavy atom. The Kier molecular flexibility index (Phi) is 6.18. The first-order valence-corrected chi connectivity index (χ1v) is 11.3. The molecule has 0 spiro atoms. The number of amides is 1. The van der Waals surface area contributed by atoms with Gasteiger partial charge < -0.3 is 15.6 Å². The molecule has 34 heavy (non-hydrogen) atoms. The van der Waals surface area contributed by atoms with Crippen LogP contribution in [0.2, 0.25) is 0 Å². The number of fused-ring (bicyclic) bond motifs is 1. The first kappa shape index (κ1) is 21.6. The molecule has 0 radical (unpaired) electrons. The summed E-state index contributed by atoms with van der Waals surface area (Å²) >= 11 is 0. The number of H-pyrrole nitrogens is 2. The summed E-state index contributed by atoms with van der Waals surface area (Å²) in [4.78, 5) is 19.8. The molecule has 0 aliphatic carbocycles. The molecule has 7 nitrogen and oxygen atoms in total. The zero-order chi connectivity index (χ0) is 23.3. The third kappa shape index (κ3) is 4.60. The minimum absolute atomic E-state index is 0.111. The average Bonchev–Trinajstić information content (AvgIpc) is 3.49. The van der Waals surface area contributed by atoms with Gasteiger partial charge in [0.2, 0.25) is 0 Å². The molecule has 5 aromatic rings. The summed E-state index contributed by atoms with van der Waals surface area (Å²) in [5, 5.41) is 15.1. The van der Waals surface area contributed by atoms with Gasteiger partial charge in [0, 0.05) is 66.7 Å². The quantitative estimate of drug-likeness (QED) is 0.285. The van der Waals surface area contributed by atoms with Crippen LogP contribution in [0, 0.1) is 0 Å². The Labute approximate surface area is 197 Å². The van der Waals surface area contributed by atoms with Crippen molar-refractivity contribution in [3.05, 3.63) is 107 Å². The third-order valence-corrected chi connectivity index (χ3v) is 5.90. The van der Waals surface area contributed by atoms with Crippen molar-refractivity contribution >= 4 is 16.8 Å². The average molecular weight is 451 g/mol. The lowest BCUT2D eigenvalue weighted by atomic mass is 10.1. The molecule has 0 bridgehead atoms. The van der Waals surface area contributed by atoms with Crippen LogP contribution in [-0.4, -0.2) is 33.1 Å². The van der Waals surface area contributed by atoms with Gasteiger partial charge in [-0.25, -0.2) is 0 Å². The van der Waals surface area contributed by atoms with Gasteiger partial charge in [0.05, 0.1) is 5.69 Å². The van der Waals surface area contributed by atoms with Crippen molar-refractivity contribution in [2.45, 2.75) is 19.5 Å². The lowest BCUT2D eigenvalue weighted by molar-refractivity contribution is 0.0963. The number of nitrogens with zero attached hydrogens (tertiary/aromatic N) is 2. The van der Waals surface area contributed by atoms with Crippen LogP contribution in [0.1, 0.15) is 32.7 Å². The molecule has 4 N–H and O–H groups in total. The number of pyridine rings is 1. The summed E-state index contributed by atoms with van der Waals surface area (Å²) in [5.74, 6) is -0.111. The van der Waals surface area contributed by atoms with Gasteiger partial charge in [0.1, 0.15) is 5.69 Å². The highest BCUT2D eigenvalue weighted by Crippen LogP contribution is 2.31. The number of aromatic nitrogens is 4. The number of carbonyl (C=O) groups excluding carboxylic acids is 1. The van der Waals surface area contributed by atoms with Crippen LogP contribution in [0.5, 0.6) is 0 Å². The van der Waals surface area contributed by atoms with Crippen molar-refractivity contribution in [3.8, 4) is 11.4 Å².